The standard InChI is InChI=1S/C13H18N4O2/c1-2-11(13(15)19)17-8-16(7-12(17)18)10-5-3-9(14)4-6-10/h3-6,11H,2,7-8,14H2,1H3,(H2,15,19)/t11-/m0/s1. The van der Waals surface area contributed by atoms with E-state index >= 15 is 0 Å². The maximum absolute atomic E-state index is 12.0. The molecule has 6 heteroatoms. The molecule has 19 heavy (non-hydrogen) atoms. The van der Waals surface area contributed by atoms with Gasteiger partial charge in [0, 0.05) is 11.4 Å². The van der Waals surface area contributed by atoms with Crippen molar-refractivity contribution in [2.24, 2.45) is 5.73 Å². The molecule has 0 bridgehead atoms. The highest BCUT2D eigenvalue weighted by molar-refractivity contribution is 5.91. The van der Waals surface area contributed by atoms with Crippen LogP contribution >= 0.6 is 0 Å². The molecule has 1 heterocycles. The van der Waals surface area contributed by atoms with E-state index in [1.165, 1.54) is 4.90 Å². The van der Waals surface area contributed by atoms with Crippen LogP contribution in [-0.2, 0) is 9.59 Å². The van der Waals surface area contributed by atoms with E-state index in [0.717, 1.165) is 5.69 Å². The fourth-order valence-corrected chi connectivity index (χ4v) is 2.27. The predicted octanol–water partition coefficient (Wildman–Crippen LogP) is 0.139. The molecule has 2 amide bonds. The maximum atomic E-state index is 12.0. The first-order valence-corrected chi connectivity index (χ1v) is 6.22. The average Bonchev–Trinajstić information content (AvgIpc) is 2.73. The molecule has 0 radical (unpaired) electrons. The molecule has 1 aromatic carbocycles. The topological polar surface area (TPSA) is 92.7 Å². The number of anilines is 2. The van der Waals surface area contributed by atoms with Crippen molar-refractivity contribution in [3.05, 3.63) is 24.3 Å². The number of carbonyl (C=O) groups excluding carboxylic acids is 2. The van der Waals surface area contributed by atoms with Crippen molar-refractivity contribution in [3.63, 3.8) is 0 Å². The van der Waals surface area contributed by atoms with Gasteiger partial charge >= 0.3 is 0 Å². The second-order valence-electron chi connectivity index (χ2n) is 4.62. The van der Waals surface area contributed by atoms with Gasteiger partial charge < -0.3 is 21.3 Å². The largest absolute Gasteiger partial charge is 0.399 e. The van der Waals surface area contributed by atoms with Crippen LogP contribution < -0.4 is 16.4 Å². The fraction of sp³-hybridized carbons (Fsp3) is 0.385. The number of benzene rings is 1. The SMILES string of the molecule is CC[C@@H](C(N)=O)N1CN(c2ccc(N)cc2)CC1=O. The van der Waals surface area contributed by atoms with E-state index in [9.17, 15) is 9.59 Å². The number of nitrogen functional groups attached to an aromatic ring is 1. The Hall–Kier alpha value is -2.24. The number of amides is 2. The maximum Gasteiger partial charge on any atom is 0.244 e. The lowest BCUT2D eigenvalue weighted by Crippen LogP contribution is -2.45. The zero-order chi connectivity index (χ0) is 14.0. The summed E-state index contributed by atoms with van der Waals surface area (Å²) < 4.78 is 0. The summed E-state index contributed by atoms with van der Waals surface area (Å²) in [6.45, 7) is 2.48. The summed E-state index contributed by atoms with van der Waals surface area (Å²) >= 11 is 0. The summed E-state index contributed by atoms with van der Waals surface area (Å²) in [5, 5.41) is 0. The summed E-state index contributed by atoms with van der Waals surface area (Å²) in [6.07, 6.45) is 0.524. The van der Waals surface area contributed by atoms with E-state index in [1.807, 2.05) is 24.0 Å². The van der Waals surface area contributed by atoms with Crippen molar-refractivity contribution < 1.29 is 9.59 Å². The number of hydrogen-bond donors (Lipinski definition) is 2. The normalized spacial score (nSPS) is 16.8. The quantitative estimate of drug-likeness (QED) is 0.755. The molecular weight excluding hydrogens is 244 g/mol. The second kappa shape index (κ2) is 5.17. The molecule has 1 fully saturated rings. The molecule has 2 rings (SSSR count). The first-order chi connectivity index (χ1) is 9.02. The second-order valence-corrected chi connectivity index (χ2v) is 4.62. The van der Waals surface area contributed by atoms with Crippen molar-refractivity contribution in [1.29, 1.82) is 0 Å². The Morgan fingerprint density at radius 3 is 2.53 bits per heavy atom. The zero-order valence-corrected chi connectivity index (χ0v) is 10.9. The van der Waals surface area contributed by atoms with Crippen LogP contribution in [0.5, 0.6) is 0 Å². The molecule has 1 aliphatic heterocycles. The minimum atomic E-state index is -0.536. The lowest BCUT2D eigenvalue weighted by Gasteiger charge is -2.25. The summed E-state index contributed by atoms with van der Waals surface area (Å²) in [5.74, 6) is -0.544. The van der Waals surface area contributed by atoms with Gasteiger partial charge in [-0.1, -0.05) is 6.92 Å². The smallest absolute Gasteiger partial charge is 0.244 e. The molecule has 0 spiro atoms. The number of primary amides is 1. The molecule has 102 valence electrons. The van der Waals surface area contributed by atoms with E-state index in [0.29, 0.717) is 18.8 Å². The highest BCUT2D eigenvalue weighted by Gasteiger charge is 2.34. The minimum Gasteiger partial charge on any atom is -0.399 e. The van der Waals surface area contributed by atoms with E-state index < -0.39 is 11.9 Å². The third kappa shape index (κ3) is 2.62. The lowest BCUT2D eigenvalue weighted by atomic mass is 10.2. The van der Waals surface area contributed by atoms with Gasteiger partial charge in [-0.2, -0.15) is 0 Å². The minimum absolute atomic E-state index is 0.0810. The van der Waals surface area contributed by atoms with E-state index in [2.05, 4.69) is 0 Å². The van der Waals surface area contributed by atoms with Gasteiger partial charge in [-0.25, -0.2) is 0 Å². The Bertz CT molecular complexity index is 486. The van der Waals surface area contributed by atoms with E-state index in [1.54, 1.807) is 12.1 Å². The highest BCUT2D eigenvalue weighted by Crippen LogP contribution is 2.22. The van der Waals surface area contributed by atoms with Crippen LogP contribution in [0.2, 0.25) is 0 Å². The van der Waals surface area contributed by atoms with Crippen LogP contribution in [0.3, 0.4) is 0 Å². The van der Waals surface area contributed by atoms with Crippen molar-refractivity contribution >= 4 is 23.2 Å². The molecular formula is C13H18N4O2. The molecule has 0 saturated carbocycles. The molecule has 1 saturated heterocycles. The van der Waals surface area contributed by atoms with Crippen LogP contribution in [0, 0.1) is 0 Å². The Morgan fingerprint density at radius 2 is 2.00 bits per heavy atom. The number of rotatable bonds is 4. The highest BCUT2D eigenvalue weighted by atomic mass is 16.2. The predicted molar refractivity (Wildman–Crippen MR) is 73.2 cm³/mol. The lowest BCUT2D eigenvalue weighted by molar-refractivity contribution is -0.135. The Labute approximate surface area is 112 Å². The Morgan fingerprint density at radius 1 is 1.37 bits per heavy atom. The summed E-state index contributed by atoms with van der Waals surface area (Å²) in [7, 11) is 0. The summed E-state index contributed by atoms with van der Waals surface area (Å²) in [4.78, 5) is 26.7. The van der Waals surface area contributed by atoms with Gasteiger partial charge in [0.2, 0.25) is 11.8 Å². The average molecular weight is 262 g/mol. The van der Waals surface area contributed by atoms with Crippen molar-refractivity contribution in [3.8, 4) is 0 Å². The van der Waals surface area contributed by atoms with Gasteiger partial charge in [-0.05, 0) is 30.7 Å². The summed E-state index contributed by atoms with van der Waals surface area (Å²) in [6, 6.07) is 6.75. The van der Waals surface area contributed by atoms with Gasteiger partial charge in [0.25, 0.3) is 0 Å². The van der Waals surface area contributed by atoms with E-state index in [4.69, 9.17) is 11.5 Å². The van der Waals surface area contributed by atoms with Crippen molar-refractivity contribution in [2.75, 3.05) is 23.8 Å². The third-order valence-corrected chi connectivity index (χ3v) is 3.32. The molecule has 1 aliphatic rings. The van der Waals surface area contributed by atoms with Crippen molar-refractivity contribution in [2.45, 2.75) is 19.4 Å². The molecule has 1 aromatic rings. The first-order valence-electron chi connectivity index (χ1n) is 6.22. The van der Waals surface area contributed by atoms with Crippen molar-refractivity contribution in [1.82, 2.24) is 4.90 Å². The number of carbonyl (C=O) groups is 2. The van der Waals surface area contributed by atoms with Crippen LogP contribution in [0.1, 0.15) is 13.3 Å². The van der Waals surface area contributed by atoms with Crippen LogP contribution in [0.25, 0.3) is 0 Å². The number of hydrogen-bond acceptors (Lipinski definition) is 4. The van der Waals surface area contributed by atoms with Gasteiger partial charge in [-0.15, -0.1) is 0 Å². The Balaban J connectivity index is 2.15. The Kier molecular flexibility index (Phi) is 3.59. The van der Waals surface area contributed by atoms with Crippen LogP contribution in [0.15, 0.2) is 24.3 Å². The molecule has 4 N–H and O–H groups in total. The van der Waals surface area contributed by atoms with Crippen LogP contribution in [-0.4, -0.2) is 36.0 Å². The molecule has 6 nitrogen and oxygen atoms in total. The van der Waals surface area contributed by atoms with Gasteiger partial charge in [0.05, 0.1) is 13.2 Å². The fourth-order valence-electron chi connectivity index (χ4n) is 2.27. The zero-order valence-electron chi connectivity index (χ0n) is 10.9. The van der Waals surface area contributed by atoms with Gasteiger partial charge in [0.15, 0.2) is 0 Å². The molecule has 0 aromatic heterocycles. The molecule has 0 unspecified atom stereocenters. The number of nitrogens with two attached hydrogens (primary N) is 2. The van der Waals surface area contributed by atoms with Gasteiger partial charge in [0.1, 0.15) is 6.04 Å². The third-order valence-electron chi connectivity index (χ3n) is 3.32. The van der Waals surface area contributed by atoms with Crippen LogP contribution in [0.4, 0.5) is 11.4 Å². The number of nitrogens with zero attached hydrogens (tertiary/aromatic N) is 2. The summed E-state index contributed by atoms with van der Waals surface area (Å²) in [5.41, 5.74) is 12.5. The van der Waals surface area contributed by atoms with Gasteiger partial charge in [-0.3, -0.25) is 9.59 Å². The van der Waals surface area contributed by atoms with E-state index in [-0.39, 0.29) is 12.5 Å². The first kappa shape index (κ1) is 13.2. The molecule has 1 atom stereocenters. The monoisotopic (exact) mass is 262 g/mol. The molecule has 0 aliphatic carbocycles.